The van der Waals surface area contributed by atoms with Gasteiger partial charge in [-0.1, -0.05) is 77.6 Å². The van der Waals surface area contributed by atoms with Crippen LogP contribution in [0.5, 0.6) is 0 Å². The lowest BCUT2D eigenvalue weighted by Gasteiger charge is -2.34. The van der Waals surface area contributed by atoms with Crippen LogP contribution in [0.15, 0.2) is 43.0 Å². The van der Waals surface area contributed by atoms with Gasteiger partial charge in [-0.15, -0.1) is 0 Å². The second-order valence-corrected chi connectivity index (χ2v) is 9.82. The van der Waals surface area contributed by atoms with Crippen LogP contribution in [0.2, 0.25) is 0 Å². The highest BCUT2D eigenvalue weighted by Crippen LogP contribution is 2.40. The van der Waals surface area contributed by atoms with Crippen LogP contribution in [0, 0.1) is 19.3 Å². The van der Waals surface area contributed by atoms with Gasteiger partial charge in [0.2, 0.25) is 0 Å². The van der Waals surface area contributed by atoms with E-state index >= 15 is 0 Å². The minimum absolute atomic E-state index is 0.00518. The summed E-state index contributed by atoms with van der Waals surface area (Å²) in [5.41, 5.74) is 7.91. The molecular weight excluding hydrogens is 352 g/mol. The van der Waals surface area contributed by atoms with E-state index in [0.717, 1.165) is 30.4 Å². The molecule has 0 bridgehead atoms. The first-order chi connectivity index (χ1) is 13.5. The molecule has 0 heterocycles. The fraction of sp³-hybridized carbons (Fsp3) is 0.500. The van der Waals surface area contributed by atoms with Gasteiger partial charge in [-0.2, -0.15) is 0 Å². The Balaban J connectivity index is 2.38. The van der Waals surface area contributed by atoms with Gasteiger partial charge in [-0.25, -0.2) is 0 Å². The number of rotatable bonds is 8. The molecule has 1 N–H and O–H groups in total. The second kappa shape index (κ2) is 9.20. The van der Waals surface area contributed by atoms with Gasteiger partial charge in [0.15, 0.2) is 0 Å². The molecule has 29 heavy (non-hydrogen) atoms. The highest BCUT2D eigenvalue weighted by atomic mass is 16.3. The Morgan fingerprint density at radius 3 is 1.90 bits per heavy atom. The zero-order valence-electron chi connectivity index (χ0n) is 19.7. The van der Waals surface area contributed by atoms with Crippen molar-refractivity contribution in [3.63, 3.8) is 0 Å². The molecular formula is C28H40O. The number of hydrogen-bond acceptors (Lipinski definition) is 1. The average molecular weight is 393 g/mol. The van der Waals surface area contributed by atoms with Crippen molar-refractivity contribution in [2.24, 2.45) is 5.41 Å². The molecule has 0 aliphatic rings. The number of aliphatic hydroxyl groups is 1. The highest BCUT2D eigenvalue weighted by Gasteiger charge is 2.31. The van der Waals surface area contributed by atoms with Gasteiger partial charge >= 0.3 is 0 Å². The normalized spacial score (nSPS) is 12.2. The number of benzene rings is 2. The van der Waals surface area contributed by atoms with Gasteiger partial charge in [0, 0.05) is 11.0 Å². The molecule has 0 atom stereocenters. The second-order valence-electron chi connectivity index (χ2n) is 9.82. The fourth-order valence-electron chi connectivity index (χ4n) is 4.60. The summed E-state index contributed by atoms with van der Waals surface area (Å²) in [7, 11) is 0. The summed E-state index contributed by atoms with van der Waals surface area (Å²) in [5, 5.41) is 9.82. The third-order valence-corrected chi connectivity index (χ3v) is 6.57. The SMILES string of the molecule is C=C(O)c1ccc(C(CC)(CC)c2ccc(CCCC(C)(C)C)c(C)c2)cc1C. The molecule has 158 valence electrons. The van der Waals surface area contributed by atoms with E-state index in [0.29, 0.717) is 5.41 Å². The summed E-state index contributed by atoms with van der Waals surface area (Å²) in [6.07, 6.45) is 5.74. The first kappa shape index (κ1) is 23.3. The molecule has 0 amide bonds. The first-order valence-corrected chi connectivity index (χ1v) is 11.1. The molecule has 0 aliphatic carbocycles. The van der Waals surface area contributed by atoms with E-state index in [-0.39, 0.29) is 11.2 Å². The van der Waals surface area contributed by atoms with Gasteiger partial charge in [-0.3, -0.25) is 0 Å². The van der Waals surface area contributed by atoms with E-state index < -0.39 is 0 Å². The Morgan fingerprint density at radius 2 is 1.45 bits per heavy atom. The van der Waals surface area contributed by atoms with Crippen LogP contribution in [0.25, 0.3) is 5.76 Å². The van der Waals surface area contributed by atoms with E-state index in [1.165, 1.54) is 35.1 Å². The van der Waals surface area contributed by atoms with E-state index in [1.807, 2.05) is 6.07 Å². The summed E-state index contributed by atoms with van der Waals surface area (Å²) in [5.74, 6) is 0.142. The Labute approximate surface area is 178 Å². The Bertz CT molecular complexity index is 847. The monoisotopic (exact) mass is 392 g/mol. The number of aryl methyl sites for hydroxylation is 3. The van der Waals surface area contributed by atoms with Crippen molar-refractivity contribution in [1.82, 2.24) is 0 Å². The van der Waals surface area contributed by atoms with Crippen molar-refractivity contribution in [2.45, 2.75) is 86.0 Å². The molecule has 2 aromatic rings. The Hall–Kier alpha value is -2.02. The van der Waals surface area contributed by atoms with Crippen molar-refractivity contribution >= 4 is 5.76 Å². The van der Waals surface area contributed by atoms with Gasteiger partial charge in [0.05, 0.1) is 0 Å². The maximum atomic E-state index is 9.82. The lowest BCUT2D eigenvalue weighted by molar-refractivity contribution is 0.365. The summed E-state index contributed by atoms with van der Waals surface area (Å²) < 4.78 is 0. The minimum Gasteiger partial charge on any atom is -0.508 e. The molecule has 0 unspecified atom stereocenters. The van der Waals surface area contributed by atoms with Gasteiger partial charge in [-0.05, 0) is 79.2 Å². The fourth-order valence-corrected chi connectivity index (χ4v) is 4.60. The standard InChI is InChI=1S/C28H40O/c1-9-28(10-2,25-15-16-26(22(5)29)21(4)19-25)24-14-13-23(20(3)18-24)12-11-17-27(6,7)8/h13-16,18-19,29H,5,9-12,17H2,1-4,6-8H3. The molecule has 0 aliphatic heterocycles. The molecule has 0 saturated carbocycles. The predicted octanol–water partition coefficient (Wildman–Crippen LogP) is 8.31. The summed E-state index contributed by atoms with van der Waals surface area (Å²) in [4.78, 5) is 0. The maximum Gasteiger partial charge on any atom is 0.115 e. The van der Waals surface area contributed by atoms with Crippen molar-refractivity contribution < 1.29 is 5.11 Å². The maximum absolute atomic E-state index is 9.82. The Morgan fingerprint density at radius 1 is 0.897 bits per heavy atom. The van der Waals surface area contributed by atoms with Crippen LogP contribution in [0.4, 0.5) is 0 Å². The smallest absolute Gasteiger partial charge is 0.115 e. The highest BCUT2D eigenvalue weighted by molar-refractivity contribution is 5.61. The molecule has 0 fully saturated rings. The number of aliphatic hydroxyl groups excluding tert-OH is 1. The third-order valence-electron chi connectivity index (χ3n) is 6.57. The van der Waals surface area contributed by atoms with Crippen molar-refractivity contribution in [3.05, 3.63) is 76.4 Å². The molecule has 0 radical (unpaired) electrons. The largest absolute Gasteiger partial charge is 0.508 e. The summed E-state index contributed by atoms with van der Waals surface area (Å²) in [6.45, 7) is 19.5. The van der Waals surface area contributed by atoms with Crippen LogP contribution < -0.4 is 0 Å². The Kier molecular flexibility index (Phi) is 7.38. The van der Waals surface area contributed by atoms with E-state index in [2.05, 4.69) is 85.4 Å². The first-order valence-electron chi connectivity index (χ1n) is 11.1. The third kappa shape index (κ3) is 5.32. The van der Waals surface area contributed by atoms with Crippen molar-refractivity contribution in [2.75, 3.05) is 0 Å². The van der Waals surface area contributed by atoms with Crippen molar-refractivity contribution in [1.29, 1.82) is 0 Å². The molecule has 0 aromatic heterocycles. The van der Waals surface area contributed by atoms with Crippen LogP contribution in [0.3, 0.4) is 0 Å². The molecule has 2 rings (SSSR count). The lowest BCUT2D eigenvalue weighted by atomic mass is 9.69. The lowest BCUT2D eigenvalue weighted by Crippen LogP contribution is -2.26. The average Bonchev–Trinajstić information content (AvgIpc) is 2.63. The van der Waals surface area contributed by atoms with Gasteiger partial charge in [0.1, 0.15) is 5.76 Å². The van der Waals surface area contributed by atoms with Gasteiger partial charge in [0.25, 0.3) is 0 Å². The van der Waals surface area contributed by atoms with Gasteiger partial charge < -0.3 is 5.11 Å². The summed E-state index contributed by atoms with van der Waals surface area (Å²) >= 11 is 0. The zero-order valence-corrected chi connectivity index (χ0v) is 19.7. The number of hydrogen-bond donors (Lipinski definition) is 1. The van der Waals surface area contributed by atoms with E-state index in [1.54, 1.807) is 0 Å². The quantitative estimate of drug-likeness (QED) is 0.448. The van der Waals surface area contributed by atoms with E-state index in [9.17, 15) is 5.11 Å². The molecule has 1 nitrogen and oxygen atoms in total. The minimum atomic E-state index is -0.00518. The van der Waals surface area contributed by atoms with Crippen LogP contribution in [-0.4, -0.2) is 5.11 Å². The predicted molar refractivity (Wildman–Crippen MR) is 128 cm³/mol. The van der Waals surface area contributed by atoms with Crippen LogP contribution in [0.1, 0.15) is 93.7 Å². The topological polar surface area (TPSA) is 20.2 Å². The molecule has 0 spiro atoms. The van der Waals surface area contributed by atoms with Crippen LogP contribution >= 0.6 is 0 Å². The van der Waals surface area contributed by atoms with Crippen molar-refractivity contribution in [3.8, 4) is 0 Å². The zero-order chi connectivity index (χ0) is 21.8. The van der Waals surface area contributed by atoms with Crippen LogP contribution in [-0.2, 0) is 11.8 Å². The molecule has 0 saturated heterocycles. The molecule has 2 aromatic carbocycles. The summed E-state index contributed by atoms with van der Waals surface area (Å²) in [6, 6.07) is 13.5. The molecule has 1 heteroatoms. The van der Waals surface area contributed by atoms with E-state index in [4.69, 9.17) is 0 Å².